The lowest BCUT2D eigenvalue weighted by Gasteiger charge is -2.21. The summed E-state index contributed by atoms with van der Waals surface area (Å²) in [5.74, 6) is 0.563. The Hall–Kier alpha value is -2.60. The van der Waals surface area contributed by atoms with Gasteiger partial charge in [-0.3, -0.25) is 4.79 Å². The van der Waals surface area contributed by atoms with Crippen molar-refractivity contribution in [2.45, 2.75) is 19.9 Å². The van der Waals surface area contributed by atoms with Gasteiger partial charge in [0.05, 0.1) is 6.04 Å². The van der Waals surface area contributed by atoms with E-state index in [0.29, 0.717) is 11.3 Å². The van der Waals surface area contributed by atoms with Gasteiger partial charge in [-0.05, 0) is 35.6 Å². The molecule has 2 aromatic heterocycles. The number of hydrogen-bond donors (Lipinski definition) is 1. The first-order valence-electron chi connectivity index (χ1n) is 8.02. The minimum atomic E-state index is -0.418. The highest BCUT2D eigenvalue weighted by atomic mass is 32.1. The summed E-state index contributed by atoms with van der Waals surface area (Å²) in [7, 11) is 0. The lowest BCUT2D eigenvalue weighted by molar-refractivity contribution is -0.124. The van der Waals surface area contributed by atoms with Crippen molar-refractivity contribution in [1.29, 1.82) is 0 Å². The number of nitrogens with one attached hydrogen (secondary N) is 1. The molecule has 0 aliphatic heterocycles. The van der Waals surface area contributed by atoms with Crippen LogP contribution in [0, 0.1) is 5.92 Å². The van der Waals surface area contributed by atoms with Crippen LogP contribution in [0.25, 0.3) is 11.0 Å². The van der Waals surface area contributed by atoms with E-state index in [-0.39, 0.29) is 24.5 Å². The molecule has 1 N–H and O–H groups in total. The molecule has 2 heterocycles. The Morgan fingerprint density at radius 1 is 1.24 bits per heavy atom. The van der Waals surface area contributed by atoms with Crippen molar-refractivity contribution in [1.82, 2.24) is 5.32 Å². The zero-order valence-corrected chi connectivity index (χ0v) is 14.8. The summed E-state index contributed by atoms with van der Waals surface area (Å²) in [6, 6.07) is 12.2. The topological polar surface area (TPSA) is 68.5 Å². The highest BCUT2D eigenvalue weighted by molar-refractivity contribution is 7.10. The summed E-state index contributed by atoms with van der Waals surface area (Å²) in [6.45, 7) is 4.03. The fourth-order valence-electron chi connectivity index (χ4n) is 2.53. The minimum absolute atomic E-state index is 0.0364. The molecule has 1 amide bonds. The van der Waals surface area contributed by atoms with Crippen LogP contribution in [0.15, 0.2) is 57.1 Å². The summed E-state index contributed by atoms with van der Waals surface area (Å²) in [5.41, 5.74) is 0.0159. The molecule has 25 heavy (non-hydrogen) atoms. The first kappa shape index (κ1) is 17.2. The molecule has 1 unspecified atom stereocenters. The van der Waals surface area contributed by atoms with E-state index < -0.39 is 5.63 Å². The third-order valence-electron chi connectivity index (χ3n) is 3.80. The maximum atomic E-state index is 12.2. The van der Waals surface area contributed by atoms with Gasteiger partial charge in [0.2, 0.25) is 0 Å². The Bertz CT molecular complexity index is 915. The number of rotatable bonds is 6. The van der Waals surface area contributed by atoms with Crippen molar-refractivity contribution in [3.05, 3.63) is 63.1 Å². The first-order chi connectivity index (χ1) is 12.0. The summed E-state index contributed by atoms with van der Waals surface area (Å²) in [4.78, 5) is 24.6. The molecule has 0 bridgehead atoms. The zero-order valence-electron chi connectivity index (χ0n) is 14.0. The number of benzene rings is 1. The van der Waals surface area contributed by atoms with Gasteiger partial charge in [-0.15, -0.1) is 11.3 Å². The Morgan fingerprint density at radius 3 is 2.76 bits per heavy atom. The number of carbonyl (C=O) groups is 1. The summed E-state index contributed by atoms with van der Waals surface area (Å²) in [5, 5.41) is 5.80. The zero-order chi connectivity index (χ0) is 17.8. The molecule has 5 nitrogen and oxygen atoms in total. The van der Waals surface area contributed by atoms with Crippen molar-refractivity contribution >= 4 is 28.2 Å². The minimum Gasteiger partial charge on any atom is -0.484 e. The third-order valence-corrected chi connectivity index (χ3v) is 4.75. The van der Waals surface area contributed by atoms with Gasteiger partial charge in [-0.1, -0.05) is 19.9 Å². The van der Waals surface area contributed by atoms with Crippen LogP contribution in [-0.4, -0.2) is 12.5 Å². The van der Waals surface area contributed by atoms with Crippen molar-refractivity contribution in [3.8, 4) is 5.75 Å². The van der Waals surface area contributed by atoms with E-state index in [1.807, 2.05) is 17.5 Å². The van der Waals surface area contributed by atoms with Crippen molar-refractivity contribution < 1.29 is 13.9 Å². The van der Waals surface area contributed by atoms with Gasteiger partial charge in [-0.2, -0.15) is 0 Å². The molecule has 0 saturated carbocycles. The molecule has 0 saturated heterocycles. The van der Waals surface area contributed by atoms with Gasteiger partial charge in [-0.25, -0.2) is 4.79 Å². The van der Waals surface area contributed by atoms with E-state index in [1.165, 1.54) is 6.07 Å². The SMILES string of the molecule is CC(C)C(NC(=O)COc1ccc2ccc(=O)oc2c1)c1cccs1. The molecule has 130 valence electrons. The van der Waals surface area contributed by atoms with Crippen LogP contribution in [0.5, 0.6) is 5.75 Å². The van der Waals surface area contributed by atoms with Crippen molar-refractivity contribution in [3.63, 3.8) is 0 Å². The van der Waals surface area contributed by atoms with Gasteiger partial charge < -0.3 is 14.5 Å². The number of hydrogen-bond acceptors (Lipinski definition) is 5. The second kappa shape index (κ2) is 7.53. The molecular weight excluding hydrogens is 338 g/mol. The molecule has 0 aliphatic rings. The maximum absolute atomic E-state index is 12.2. The Morgan fingerprint density at radius 2 is 2.04 bits per heavy atom. The number of amides is 1. The van der Waals surface area contributed by atoms with Crippen LogP contribution in [0.4, 0.5) is 0 Å². The average molecular weight is 357 g/mol. The van der Waals surface area contributed by atoms with Crippen LogP contribution in [0.2, 0.25) is 0 Å². The third kappa shape index (κ3) is 4.28. The molecule has 3 rings (SSSR count). The van der Waals surface area contributed by atoms with Crippen LogP contribution < -0.4 is 15.7 Å². The smallest absolute Gasteiger partial charge is 0.336 e. The Labute approximate surface area is 149 Å². The number of fused-ring (bicyclic) bond motifs is 1. The predicted molar refractivity (Wildman–Crippen MR) is 98.0 cm³/mol. The van der Waals surface area contributed by atoms with Gasteiger partial charge >= 0.3 is 5.63 Å². The summed E-state index contributed by atoms with van der Waals surface area (Å²) < 4.78 is 10.7. The maximum Gasteiger partial charge on any atom is 0.336 e. The van der Waals surface area contributed by atoms with E-state index in [1.54, 1.807) is 35.6 Å². The molecule has 0 aliphatic carbocycles. The van der Waals surface area contributed by atoms with Crippen LogP contribution in [-0.2, 0) is 4.79 Å². The fourth-order valence-corrected chi connectivity index (χ4v) is 3.48. The van der Waals surface area contributed by atoms with E-state index >= 15 is 0 Å². The van der Waals surface area contributed by atoms with E-state index in [0.717, 1.165) is 10.3 Å². The number of carbonyl (C=O) groups excluding carboxylic acids is 1. The van der Waals surface area contributed by atoms with Crippen molar-refractivity contribution in [2.75, 3.05) is 6.61 Å². The monoisotopic (exact) mass is 357 g/mol. The quantitative estimate of drug-likeness (QED) is 0.682. The molecule has 1 atom stereocenters. The molecule has 3 aromatic rings. The first-order valence-corrected chi connectivity index (χ1v) is 8.90. The number of thiophene rings is 1. The highest BCUT2D eigenvalue weighted by Crippen LogP contribution is 2.25. The average Bonchev–Trinajstić information content (AvgIpc) is 3.11. The second-order valence-electron chi connectivity index (χ2n) is 6.05. The summed E-state index contributed by atoms with van der Waals surface area (Å²) in [6.07, 6.45) is 0. The largest absolute Gasteiger partial charge is 0.484 e. The number of ether oxygens (including phenoxy) is 1. The van der Waals surface area contributed by atoms with Crippen LogP contribution >= 0.6 is 11.3 Å². The highest BCUT2D eigenvalue weighted by Gasteiger charge is 2.19. The van der Waals surface area contributed by atoms with Crippen LogP contribution in [0.3, 0.4) is 0 Å². The van der Waals surface area contributed by atoms with Crippen LogP contribution in [0.1, 0.15) is 24.8 Å². The second-order valence-corrected chi connectivity index (χ2v) is 7.03. The van der Waals surface area contributed by atoms with Gasteiger partial charge in [0.25, 0.3) is 5.91 Å². The lowest BCUT2D eigenvalue weighted by atomic mass is 10.0. The molecule has 0 spiro atoms. The van der Waals surface area contributed by atoms with E-state index in [9.17, 15) is 9.59 Å². The normalized spacial score (nSPS) is 12.3. The fraction of sp³-hybridized carbons (Fsp3) is 0.263. The molecule has 0 radical (unpaired) electrons. The Kier molecular flexibility index (Phi) is 5.19. The van der Waals surface area contributed by atoms with Crippen molar-refractivity contribution in [2.24, 2.45) is 5.92 Å². The van der Waals surface area contributed by atoms with E-state index in [4.69, 9.17) is 9.15 Å². The van der Waals surface area contributed by atoms with Gasteiger partial charge in [0.15, 0.2) is 6.61 Å². The molecule has 0 fully saturated rings. The lowest BCUT2D eigenvalue weighted by Crippen LogP contribution is -2.34. The summed E-state index contributed by atoms with van der Waals surface area (Å²) >= 11 is 1.62. The Balaban J connectivity index is 1.64. The standard InChI is InChI=1S/C19H19NO4S/c1-12(2)19(16-4-3-9-25-16)20-17(21)11-23-14-7-5-13-6-8-18(22)24-15(13)10-14/h3-10,12,19H,11H2,1-2H3,(H,20,21). The molecule has 1 aromatic carbocycles. The predicted octanol–water partition coefficient (Wildman–Crippen LogP) is 3.75. The van der Waals surface area contributed by atoms with Gasteiger partial charge in [0.1, 0.15) is 11.3 Å². The van der Waals surface area contributed by atoms with E-state index in [2.05, 4.69) is 19.2 Å². The van der Waals surface area contributed by atoms with Gasteiger partial charge in [0, 0.05) is 22.4 Å². The molecular formula is C19H19NO4S. The molecule has 6 heteroatoms.